The normalized spacial score (nSPS) is 10.3. The molecule has 0 aliphatic heterocycles. The van der Waals surface area contributed by atoms with Crippen LogP contribution in [0.15, 0.2) is 40.9 Å². The number of anilines is 1. The van der Waals surface area contributed by atoms with Gasteiger partial charge in [0.25, 0.3) is 0 Å². The van der Waals surface area contributed by atoms with Gasteiger partial charge in [0.1, 0.15) is 0 Å². The summed E-state index contributed by atoms with van der Waals surface area (Å²) in [4.78, 5) is 0. The molecule has 0 bridgehead atoms. The van der Waals surface area contributed by atoms with Crippen molar-refractivity contribution in [2.24, 2.45) is 0 Å². The topological polar surface area (TPSA) is 30.5 Å². The van der Waals surface area contributed by atoms with Gasteiger partial charge in [0.2, 0.25) is 0 Å². The maximum absolute atomic E-state index is 5.53. The molecule has 0 atom stereocenters. The number of halogens is 1. The van der Waals surface area contributed by atoms with Crippen LogP contribution in [0.25, 0.3) is 0 Å². The molecule has 0 heterocycles. The highest BCUT2D eigenvalue weighted by Crippen LogP contribution is 2.30. The van der Waals surface area contributed by atoms with Crippen molar-refractivity contribution in [3.63, 3.8) is 0 Å². The summed E-state index contributed by atoms with van der Waals surface area (Å²) >= 11 is 3.57. The molecule has 0 amide bonds. The van der Waals surface area contributed by atoms with Gasteiger partial charge in [0.05, 0.1) is 19.4 Å². The van der Waals surface area contributed by atoms with Crippen molar-refractivity contribution in [2.45, 2.75) is 20.4 Å². The van der Waals surface area contributed by atoms with E-state index < -0.39 is 0 Å². The predicted molar refractivity (Wildman–Crippen MR) is 90.4 cm³/mol. The predicted octanol–water partition coefficient (Wildman–Crippen LogP) is 4.78. The molecular weight excluding hydrogens is 330 g/mol. The van der Waals surface area contributed by atoms with E-state index in [1.54, 1.807) is 7.11 Å². The first-order chi connectivity index (χ1) is 10.2. The molecule has 0 aliphatic rings. The Morgan fingerprint density at radius 2 is 1.95 bits per heavy atom. The summed E-state index contributed by atoms with van der Waals surface area (Å²) in [6.45, 7) is 5.41. The minimum absolute atomic E-state index is 0.629. The molecule has 0 aliphatic carbocycles. The molecule has 3 nitrogen and oxygen atoms in total. The van der Waals surface area contributed by atoms with Crippen molar-refractivity contribution in [1.82, 2.24) is 0 Å². The molecule has 4 heteroatoms. The molecule has 2 aromatic rings. The standard InChI is InChI=1S/C17H20BrNO2/c1-4-21-15-9-8-13(10-16(15)20-3)11-19-17-12(2)6-5-7-14(17)18/h5-10,19H,4,11H2,1-3H3. The van der Waals surface area contributed by atoms with Crippen LogP contribution in [0.4, 0.5) is 5.69 Å². The molecule has 0 radical (unpaired) electrons. The minimum atomic E-state index is 0.629. The van der Waals surface area contributed by atoms with Gasteiger partial charge in [-0.3, -0.25) is 0 Å². The summed E-state index contributed by atoms with van der Waals surface area (Å²) < 4.78 is 12.0. The van der Waals surface area contributed by atoms with Crippen LogP contribution in [0.2, 0.25) is 0 Å². The Labute approximate surface area is 134 Å². The fraction of sp³-hybridized carbons (Fsp3) is 0.294. The highest BCUT2D eigenvalue weighted by atomic mass is 79.9. The van der Waals surface area contributed by atoms with Gasteiger partial charge in [-0.15, -0.1) is 0 Å². The van der Waals surface area contributed by atoms with Crippen LogP contribution >= 0.6 is 15.9 Å². The van der Waals surface area contributed by atoms with Crippen molar-refractivity contribution < 1.29 is 9.47 Å². The third-order valence-corrected chi connectivity index (χ3v) is 3.88. The summed E-state index contributed by atoms with van der Waals surface area (Å²) in [5.41, 5.74) is 3.47. The zero-order valence-corrected chi connectivity index (χ0v) is 14.2. The smallest absolute Gasteiger partial charge is 0.161 e. The maximum atomic E-state index is 5.53. The molecule has 2 aromatic carbocycles. The SMILES string of the molecule is CCOc1ccc(CNc2c(C)cccc2Br)cc1OC. The van der Waals surface area contributed by atoms with Crippen molar-refractivity contribution in [2.75, 3.05) is 19.0 Å². The van der Waals surface area contributed by atoms with Gasteiger partial charge in [-0.2, -0.15) is 0 Å². The highest BCUT2D eigenvalue weighted by molar-refractivity contribution is 9.10. The Balaban J connectivity index is 2.13. The van der Waals surface area contributed by atoms with Crippen LogP contribution in [-0.4, -0.2) is 13.7 Å². The summed E-state index contributed by atoms with van der Waals surface area (Å²) in [5.74, 6) is 1.54. The van der Waals surface area contributed by atoms with Crippen molar-refractivity contribution in [3.8, 4) is 11.5 Å². The first-order valence-corrected chi connectivity index (χ1v) is 7.73. The van der Waals surface area contributed by atoms with Gasteiger partial charge >= 0.3 is 0 Å². The zero-order valence-electron chi connectivity index (χ0n) is 12.6. The zero-order chi connectivity index (χ0) is 15.2. The average Bonchev–Trinajstić information content (AvgIpc) is 2.48. The fourth-order valence-corrected chi connectivity index (χ4v) is 2.75. The summed E-state index contributed by atoms with van der Waals surface area (Å²) in [7, 11) is 1.66. The molecule has 0 saturated heterocycles. The molecule has 0 unspecified atom stereocenters. The van der Waals surface area contributed by atoms with Crippen LogP contribution in [0, 0.1) is 6.92 Å². The lowest BCUT2D eigenvalue weighted by atomic mass is 10.1. The Bertz CT molecular complexity index is 593. The Morgan fingerprint density at radius 3 is 2.62 bits per heavy atom. The molecule has 0 spiro atoms. The average molecular weight is 350 g/mol. The number of ether oxygens (including phenoxy) is 2. The summed E-state index contributed by atoms with van der Waals surface area (Å²) in [6, 6.07) is 12.2. The lowest BCUT2D eigenvalue weighted by Crippen LogP contribution is -2.03. The van der Waals surface area contributed by atoms with Crippen LogP contribution in [0.1, 0.15) is 18.1 Å². The highest BCUT2D eigenvalue weighted by Gasteiger charge is 2.07. The largest absolute Gasteiger partial charge is 0.493 e. The van der Waals surface area contributed by atoms with Crippen LogP contribution in [0.5, 0.6) is 11.5 Å². The van der Waals surface area contributed by atoms with Gasteiger partial charge in [-0.1, -0.05) is 18.2 Å². The van der Waals surface area contributed by atoms with E-state index in [2.05, 4.69) is 34.2 Å². The van der Waals surface area contributed by atoms with Gasteiger partial charge in [-0.05, 0) is 59.1 Å². The molecule has 1 N–H and O–H groups in total. The van der Waals surface area contributed by atoms with Gasteiger partial charge in [0.15, 0.2) is 11.5 Å². The lowest BCUT2D eigenvalue weighted by molar-refractivity contribution is 0.310. The molecule has 0 aromatic heterocycles. The van der Waals surface area contributed by atoms with Crippen molar-refractivity contribution >= 4 is 21.6 Å². The number of hydrogen-bond acceptors (Lipinski definition) is 3. The van der Waals surface area contributed by atoms with Crippen molar-refractivity contribution in [1.29, 1.82) is 0 Å². The number of benzene rings is 2. The van der Waals surface area contributed by atoms with Gasteiger partial charge in [0, 0.05) is 11.0 Å². The van der Waals surface area contributed by atoms with E-state index >= 15 is 0 Å². The third kappa shape index (κ3) is 3.91. The Morgan fingerprint density at radius 1 is 1.14 bits per heavy atom. The molecule has 2 rings (SSSR count). The fourth-order valence-electron chi connectivity index (χ4n) is 2.14. The minimum Gasteiger partial charge on any atom is -0.493 e. The Hall–Kier alpha value is -1.68. The number of hydrogen-bond donors (Lipinski definition) is 1. The number of para-hydroxylation sites is 1. The second-order valence-corrected chi connectivity index (χ2v) is 5.56. The Kier molecular flexibility index (Phi) is 5.51. The van der Waals surface area contributed by atoms with E-state index in [4.69, 9.17) is 9.47 Å². The van der Waals surface area contributed by atoms with Crippen molar-refractivity contribution in [3.05, 3.63) is 52.0 Å². The van der Waals surface area contributed by atoms with E-state index in [-0.39, 0.29) is 0 Å². The first kappa shape index (κ1) is 15.7. The number of nitrogens with one attached hydrogen (secondary N) is 1. The number of aryl methyl sites for hydroxylation is 1. The van der Waals surface area contributed by atoms with Gasteiger partial charge in [-0.25, -0.2) is 0 Å². The molecule has 0 fully saturated rings. The monoisotopic (exact) mass is 349 g/mol. The van der Waals surface area contributed by atoms with Crippen LogP contribution in [0.3, 0.4) is 0 Å². The van der Waals surface area contributed by atoms with E-state index in [1.807, 2.05) is 37.3 Å². The molecule has 112 valence electrons. The van der Waals surface area contributed by atoms with E-state index in [0.717, 1.165) is 33.8 Å². The summed E-state index contributed by atoms with van der Waals surface area (Å²) in [6.07, 6.45) is 0. The molecule has 0 saturated carbocycles. The van der Waals surface area contributed by atoms with Crippen LogP contribution in [-0.2, 0) is 6.54 Å². The molecular formula is C17H20BrNO2. The van der Waals surface area contributed by atoms with Crippen LogP contribution < -0.4 is 14.8 Å². The molecule has 21 heavy (non-hydrogen) atoms. The van der Waals surface area contributed by atoms with Gasteiger partial charge < -0.3 is 14.8 Å². The van der Waals surface area contributed by atoms with E-state index in [9.17, 15) is 0 Å². The first-order valence-electron chi connectivity index (χ1n) is 6.94. The number of methoxy groups -OCH3 is 1. The lowest BCUT2D eigenvalue weighted by Gasteiger charge is -2.14. The second kappa shape index (κ2) is 7.36. The van der Waals surface area contributed by atoms with E-state index in [0.29, 0.717) is 6.61 Å². The second-order valence-electron chi connectivity index (χ2n) is 4.70. The maximum Gasteiger partial charge on any atom is 0.161 e. The number of rotatable bonds is 6. The third-order valence-electron chi connectivity index (χ3n) is 3.22. The van der Waals surface area contributed by atoms with E-state index in [1.165, 1.54) is 5.56 Å². The summed E-state index contributed by atoms with van der Waals surface area (Å²) in [5, 5.41) is 3.46. The quantitative estimate of drug-likeness (QED) is 0.814.